The number of rotatable bonds is 5. The number of benzene rings is 7. The van der Waals surface area contributed by atoms with E-state index in [-0.39, 0.29) is 5.41 Å². The number of para-hydroxylation sites is 2. The summed E-state index contributed by atoms with van der Waals surface area (Å²) in [5, 5.41) is 2.36. The molecule has 1 aliphatic heterocycles. The molecular weight excluding hydrogens is 647 g/mol. The number of nitrogens with zero attached hydrogens (tertiary/aromatic N) is 5. The lowest BCUT2D eigenvalue weighted by molar-refractivity contribution is 0.638. The van der Waals surface area contributed by atoms with Gasteiger partial charge in [0.1, 0.15) is 0 Å². The summed E-state index contributed by atoms with van der Waals surface area (Å²) >= 11 is 0. The first-order valence-electron chi connectivity index (χ1n) is 18.1. The van der Waals surface area contributed by atoms with Gasteiger partial charge >= 0.3 is 0 Å². The van der Waals surface area contributed by atoms with Crippen LogP contribution in [0.5, 0.6) is 0 Å². The molecule has 10 rings (SSSR count). The molecule has 0 radical (unpaired) electrons. The molecule has 0 amide bonds. The molecule has 0 aliphatic carbocycles. The quantitative estimate of drug-likeness (QED) is 0.181. The first-order chi connectivity index (χ1) is 26.1. The third kappa shape index (κ3) is 4.96. The van der Waals surface area contributed by atoms with Gasteiger partial charge in [-0.15, -0.1) is 0 Å². The highest BCUT2D eigenvalue weighted by Crippen LogP contribution is 2.55. The fourth-order valence-corrected chi connectivity index (χ4v) is 8.15. The Morgan fingerprint density at radius 2 is 0.981 bits per heavy atom. The molecule has 0 atom stereocenters. The van der Waals surface area contributed by atoms with Crippen LogP contribution >= 0.6 is 0 Å². The highest BCUT2D eigenvalue weighted by atomic mass is 15.2. The van der Waals surface area contributed by atoms with Crippen molar-refractivity contribution in [2.75, 3.05) is 4.90 Å². The number of hydrogen-bond donors (Lipinski definition) is 0. The van der Waals surface area contributed by atoms with E-state index >= 15 is 0 Å². The maximum atomic E-state index is 5.18. The summed E-state index contributed by atoms with van der Waals surface area (Å²) in [6, 6.07) is 61.9. The Kier molecular flexibility index (Phi) is 7.08. The van der Waals surface area contributed by atoms with Crippen molar-refractivity contribution >= 4 is 38.9 Å². The maximum absolute atomic E-state index is 5.18. The second-order valence-electron chi connectivity index (χ2n) is 14.1. The van der Waals surface area contributed by atoms with Crippen LogP contribution in [0.1, 0.15) is 25.0 Å². The van der Waals surface area contributed by atoms with Crippen LogP contribution in [-0.2, 0) is 5.41 Å². The molecule has 9 aromatic rings. The fraction of sp³-hybridized carbons (Fsp3) is 0.0625. The Balaban J connectivity index is 1.24. The topological polar surface area (TPSA) is 46.8 Å². The lowest BCUT2D eigenvalue weighted by Crippen LogP contribution is -2.30. The van der Waals surface area contributed by atoms with E-state index in [1.165, 1.54) is 39.0 Å². The van der Waals surface area contributed by atoms with E-state index in [1.54, 1.807) is 0 Å². The van der Waals surface area contributed by atoms with Crippen molar-refractivity contribution in [3.8, 4) is 39.9 Å². The zero-order chi connectivity index (χ0) is 35.5. The average molecular weight is 682 g/mol. The summed E-state index contributed by atoms with van der Waals surface area (Å²) in [5.41, 5.74) is 12.1. The van der Waals surface area contributed by atoms with Gasteiger partial charge in [0.25, 0.3) is 0 Å². The van der Waals surface area contributed by atoms with Gasteiger partial charge in [0, 0.05) is 33.0 Å². The molecule has 7 aromatic carbocycles. The zero-order valence-electron chi connectivity index (χ0n) is 29.5. The van der Waals surface area contributed by atoms with Crippen LogP contribution in [0.2, 0.25) is 0 Å². The van der Waals surface area contributed by atoms with Crippen molar-refractivity contribution in [1.29, 1.82) is 0 Å². The number of hydrogen-bond acceptors (Lipinski definition) is 4. The highest BCUT2D eigenvalue weighted by Gasteiger charge is 2.39. The summed E-state index contributed by atoms with van der Waals surface area (Å²) < 4.78 is 2.22. The van der Waals surface area contributed by atoms with E-state index in [1.807, 2.05) is 36.4 Å². The van der Waals surface area contributed by atoms with Crippen molar-refractivity contribution in [3.05, 3.63) is 187 Å². The molecule has 0 saturated carbocycles. The molecule has 0 unspecified atom stereocenters. The summed E-state index contributed by atoms with van der Waals surface area (Å²) in [7, 11) is 0. The summed E-state index contributed by atoms with van der Waals surface area (Å²) in [6.45, 7) is 4.71. The van der Waals surface area contributed by atoms with E-state index in [0.717, 1.165) is 33.2 Å². The molecule has 0 saturated heterocycles. The molecule has 252 valence electrons. The Labute approximate surface area is 308 Å². The van der Waals surface area contributed by atoms with E-state index in [9.17, 15) is 0 Å². The molecule has 0 fully saturated rings. The third-order valence-electron chi connectivity index (χ3n) is 10.6. The molecular formula is C48H35N5. The van der Waals surface area contributed by atoms with Crippen molar-refractivity contribution in [2.24, 2.45) is 0 Å². The Bertz CT molecular complexity index is 2730. The van der Waals surface area contributed by atoms with Gasteiger partial charge in [-0.2, -0.15) is 9.97 Å². The second-order valence-corrected chi connectivity index (χ2v) is 14.1. The van der Waals surface area contributed by atoms with E-state index in [2.05, 4.69) is 163 Å². The zero-order valence-corrected chi connectivity index (χ0v) is 29.5. The smallest absolute Gasteiger partial charge is 0.238 e. The molecule has 5 nitrogen and oxygen atoms in total. The molecule has 0 bridgehead atoms. The second kappa shape index (κ2) is 12.1. The van der Waals surface area contributed by atoms with E-state index in [0.29, 0.717) is 17.6 Å². The Hall–Kier alpha value is -6.85. The van der Waals surface area contributed by atoms with Crippen LogP contribution in [0.15, 0.2) is 176 Å². The van der Waals surface area contributed by atoms with Crippen molar-refractivity contribution in [3.63, 3.8) is 0 Å². The summed E-state index contributed by atoms with van der Waals surface area (Å²) in [4.78, 5) is 17.8. The maximum Gasteiger partial charge on any atom is 0.238 e. The standard InChI is InChI=1S/C48H35N5/c1-48(2)38-23-13-15-25-40(38)52(36-28-26-33(27-29-36)32-16-6-3-7-17-32)42-31-30-41-43(44(42)48)37-22-12-14-24-39(37)53(41)47-50-45(34-18-8-4-9-19-34)49-46(51-47)35-20-10-5-11-21-35/h3-31H,1-2H3. The number of anilines is 3. The SMILES string of the molecule is CC1(C)c2ccccc2N(c2ccc(-c3ccccc3)cc2)c2ccc3c(c21)c1ccccc1n3-c1nc(-c2ccccc2)nc(-c2ccccc2)n1. The molecule has 2 aromatic heterocycles. The molecule has 0 N–H and O–H groups in total. The largest absolute Gasteiger partial charge is 0.310 e. The monoisotopic (exact) mass is 681 g/mol. The predicted molar refractivity (Wildman–Crippen MR) is 217 cm³/mol. The van der Waals surface area contributed by atoms with Crippen LogP contribution in [0.3, 0.4) is 0 Å². The van der Waals surface area contributed by atoms with Crippen LogP contribution in [0, 0.1) is 0 Å². The normalized spacial score (nSPS) is 13.2. The first-order valence-corrected chi connectivity index (χ1v) is 18.1. The van der Waals surface area contributed by atoms with Gasteiger partial charge in [-0.1, -0.05) is 153 Å². The van der Waals surface area contributed by atoms with Gasteiger partial charge < -0.3 is 4.90 Å². The fourth-order valence-electron chi connectivity index (χ4n) is 8.15. The molecule has 1 aliphatic rings. The van der Waals surface area contributed by atoms with Crippen molar-refractivity contribution in [1.82, 2.24) is 19.5 Å². The third-order valence-corrected chi connectivity index (χ3v) is 10.6. The average Bonchev–Trinajstić information content (AvgIpc) is 3.56. The van der Waals surface area contributed by atoms with Gasteiger partial charge in [0.05, 0.1) is 22.4 Å². The first kappa shape index (κ1) is 30.9. The molecule has 53 heavy (non-hydrogen) atoms. The van der Waals surface area contributed by atoms with Crippen LogP contribution < -0.4 is 4.90 Å². The van der Waals surface area contributed by atoms with Gasteiger partial charge in [-0.25, -0.2) is 4.98 Å². The summed E-state index contributed by atoms with van der Waals surface area (Å²) in [5.74, 6) is 1.86. The Morgan fingerprint density at radius 1 is 0.434 bits per heavy atom. The van der Waals surface area contributed by atoms with Gasteiger partial charge in [0.2, 0.25) is 5.95 Å². The van der Waals surface area contributed by atoms with Gasteiger partial charge in [0.15, 0.2) is 11.6 Å². The van der Waals surface area contributed by atoms with Crippen molar-refractivity contribution in [2.45, 2.75) is 19.3 Å². The lowest BCUT2D eigenvalue weighted by Gasteiger charge is -2.42. The van der Waals surface area contributed by atoms with Crippen LogP contribution in [0.4, 0.5) is 17.1 Å². The number of fused-ring (bicyclic) bond motifs is 6. The minimum absolute atomic E-state index is 0.315. The highest BCUT2D eigenvalue weighted by molar-refractivity contribution is 6.14. The van der Waals surface area contributed by atoms with E-state index in [4.69, 9.17) is 15.0 Å². The number of aromatic nitrogens is 4. The lowest BCUT2D eigenvalue weighted by atomic mass is 9.72. The molecule has 0 spiro atoms. The minimum Gasteiger partial charge on any atom is -0.310 e. The molecule has 5 heteroatoms. The van der Waals surface area contributed by atoms with Crippen LogP contribution in [0.25, 0.3) is 61.7 Å². The van der Waals surface area contributed by atoms with Crippen molar-refractivity contribution < 1.29 is 0 Å². The predicted octanol–water partition coefficient (Wildman–Crippen LogP) is 12.1. The van der Waals surface area contributed by atoms with Crippen LogP contribution in [-0.4, -0.2) is 19.5 Å². The van der Waals surface area contributed by atoms with Gasteiger partial charge in [-0.05, 0) is 58.7 Å². The van der Waals surface area contributed by atoms with Gasteiger partial charge in [-0.3, -0.25) is 4.57 Å². The summed E-state index contributed by atoms with van der Waals surface area (Å²) in [6.07, 6.45) is 0. The molecule has 3 heterocycles. The van der Waals surface area contributed by atoms with E-state index < -0.39 is 0 Å². The minimum atomic E-state index is -0.315. The Morgan fingerprint density at radius 3 is 1.64 bits per heavy atom.